The van der Waals surface area contributed by atoms with Gasteiger partial charge in [0.1, 0.15) is 35.6 Å². The van der Waals surface area contributed by atoms with Gasteiger partial charge >= 0.3 is 12.7 Å². The molecule has 250 valence electrons. The summed E-state index contributed by atoms with van der Waals surface area (Å²) in [5.41, 5.74) is -0.0671. The lowest BCUT2D eigenvalue weighted by atomic mass is 9.72. The van der Waals surface area contributed by atoms with Crippen LogP contribution >= 0.6 is 0 Å². The molecule has 0 aromatic heterocycles. The minimum absolute atomic E-state index is 0.146. The maximum Gasteiger partial charge on any atom is 0.573 e. The second-order valence-electron chi connectivity index (χ2n) is 11.9. The molecular formula is C33H35F6NO6. The molecule has 13 heteroatoms. The Bertz CT molecular complexity index is 1360. The molecule has 3 aromatic carbocycles. The van der Waals surface area contributed by atoms with Crippen LogP contribution in [0.5, 0.6) is 17.2 Å². The molecule has 2 aliphatic heterocycles. The second kappa shape index (κ2) is 13.3. The molecule has 2 aliphatic rings. The fourth-order valence-electron chi connectivity index (χ4n) is 5.95. The molecule has 0 saturated carbocycles. The van der Waals surface area contributed by atoms with Gasteiger partial charge in [-0.3, -0.25) is 4.90 Å². The third-order valence-electron chi connectivity index (χ3n) is 8.07. The monoisotopic (exact) mass is 655 g/mol. The first-order valence-corrected chi connectivity index (χ1v) is 14.8. The SMILES string of the molecule is CC1(C)OCC(COc2ccc(CN3CCC(C(O)(c4ccc(OC(F)(F)F)cc4)c4ccc(OC(F)(F)F)cc4)CC3)cc2)O1. The minimum atomic E-state index is -4.89. The molecule has 0 bridgehead atoms. The van der Waals surface area contributed by atoms with Crippen molar-refractivity contribution in [1.82, 2.24) is 4.90 Å². The molecule has 3 aromatic rings. The number of halogens is 6. The van der Waals surface area contributed by atoms with Crippen molar-refractivity contribution in [2.45, 2.75) is 63.5 Å². The van der Waals surface area contributed by atoms with Crippen molar-refractivity contribution in [2.75, 3.05) is 26.3 Å². The Labute approximate surface area is 262 Å². The van der Waals surface area contributed by atoms with Crippen LogP contribution in [-0.2, 0) is 21.6 Å². The van der Waals surface area contributed by atoms with E-state index in [4.69, 9.17) is 14.2 Å². The van der Waals surface area contributed by atoms with Gasteiger partial charge in [0.25, 0.3) is 0 Å². The number of likely N-dealkylation sites (tertiary alicyclic amines) is 1. The van der Waals surface area contributed by atoms with E-state index in [1.165, 1.54) is 24.3 Å². The van der Waals surface area contributed by atoms with Gasteiger partial charge in [-0.2, -0.15) is 0 Å². The van der Waals surface area contributed by atoms with E-state index in [9.17, 15) is 31.4 Å². The topological polar surface area (TPSA) is 69.6 Å². The van der Waals surface area contributed by atoms with Crippen LogP contribution in [0.25, 0.3) is 0 Å². The van der Waals surface area contributed by atoms with Crippen LogP contribution < -0.4 is 14.2 Å². The van der Waals surface area contributed by atoms with E-state index in [-0.39, 0.29) is 6.10 Å². The maximum atomic E-state index is 12.7. The zero-order valence-electron chi connectivity index (χ0n) is 25.2. The third-order valence-corrected chi connectivity index (χ3v) is 8.07. The molecule has 1 atom stereocenters. The Morgan fingerprint density at radius 1 is 0.761 bits per heavy atom. The van der Waals surface area contributed by atoms with Crippen molar-refractivity contribution in [1.29, 1.82) is 0 Å². The molecule has 1 N–H and O–H groups in total. The fourth-order valence-corrected chi connectivity index (χ4v) is 5.95. The number of ether oxygens (including phenoxy) is 5. The highest BCUT2D eigenvalue weighted by Crippen LogP contribution is 2.43. The second-order valence-corrected chi connectivity index (χ2v) is 11.9. The van der Waals surface area contributed by atoms with E-state index in [0.717, 1.165) is 29.8 Å². The van der Waals surface area contributed by atoms with Crippen LogP contribution in [0.3, 0.4) is 0 Å². The average Bonchev–Trinajstić information content (AvgIpc) is 3.34. The lowest BCUT2D eigenvalue weighted by Crippen LogP contribution is -2.44. The van der Waals surface area contributed by atoms with Crippen LogP contribution in [0.15, 0.2) is 72.8 Å². The van der Waals surface area contributed by atoms with Crippen molar-refractivity contribution in [3.63, 3.8) is 0 Å². The Balaban J connectivity index is 1.25. The van der Waals surface area contributed by atoms with E-state index in [1.54, 1.807) is 0 Å². The highest BCUT2D eigenvalue weighted by Gasteiger charge is 2.42. The standard InChI is InChI=1S/C33H35F6NO6/c1-30(2)43-21-29(44-30)20-42-26-9-3-22(4-10-26)19-40-17-15-25(16-18-40)31(41,23-5-11-27(12-6-23)45-32(34,35)36)24-7-13-28(14-8-24)46-33(37,38)39/h3-14,25,29,41H,15-21H2,1-2H3. The maximum absolute atomic E-state index is 12.7. The number of alkyl halides is 6. The highest BCUT2D eigenvalue weighted by atomic mass is 19.4. The number of piperidine rings is 1. The van der Waals surface area contributed by atoms with Crippen molar-refractivity contribution >= 4 is 0 Å². The van der Waals surface area contributed by atoms with Gasteiger partial charge in [0.2, 0.25) is 0 Å². The lowest BCUT2D eigenvalue weighted by molar-refractivity contribution is -0.275. The first kappa shape index (κ1) is 33.8. The smallest absolute Gasteiger partial charge is 0.491 e. The van der Waals surface area contributed by atoms with Crippen LogP contribution in [0.2, 0.25) is 0 Å². The van der Waals surface area contributed by atoms with Crippen molar-refractivity contribution in [2.24, 2.45) is 5.92 Å². The number of hydrogen-bond acceptors (Lipinski definition) is 7. The van der Waals surface area contributed by atoms with Crippen molar-refractivity contribution < 1.29 is 55.1 Å². The Kier molecular flexibility index (Phi) is 9.78. The predicted octanol–water partition coefficient (Wildman–Crippen LogP) is 7.16. The molecule has 0 amide bonds. The van der Waals surface area contributed by atoms with Gasteiger partial charge in [-0.05, 0) is 98.8 Å². The zero-order chi connectivity index (χ0) is 33.2. The van der Waals surface area contributed by atoms with E-state index in [1.807, 2.05) is 38.1 Å². The molecule has 2 fully saturated rings. The fraction of sp³-hybridized carbons (Fsp3) is 0.455. The molecule has 0 spiro atoms. The van der Waals surface area contributed by atoms with Crippen LogP contribution in [0.4, 0.5) is 26.3 Å². The Hall–Kier alpha value is -3.52. The van der Waals surface area contributed by atoms with Crippen molar-refractivity contribution in [3.05, 3.63) is 89.5 Å². The Morgan fingerprint density at radius 3 is 1.67 bits per heavy atom. The molecule has 2 saturated heterocycles. The van der Waals surface area contributed by atoms with E-state index in [0.29, 0.717) is 62.6 Å². The van der Waals surface area contributed by atoms with Crippen LogP contribution in [0.1, 0.15) is 43.4 Å². The molecule has 0 aliphatic carbocycles. The normalized spacial score (nSPS) is 19.6. The first-order chi connectivity index (χ1) is 21.6. The largest absolute Gasteiger partial charge is 0.573 e. The summed E-state index contributed by atoms with van der Waals surface area (Å²) in [6.45, 7) is 6.39. The molecule has 2 heterocycles. The van der Waals surface area contributed by atoms with E-state index in [2.05, 4.69) is 14.4 Å². The number of rotatable bonds is 10. The number of aliphatic hydroxyl groups is 1. The van der Waals surface area contributed by atoms with Crippen LogP contribution in [0, 0.1) is 5.92 Å². The summed E-state index contributed by atoms with van der Waals surface area (Å²) >= 11 is 0. The van der Waals surface area contributed by atoms with E-state index >= 15 is 0 Å². The van der Waals surface area contributed by atoms with Gasteiger partial charge in [0, 0.05) is 6.54 Å². The molecule has 5 rings (SSSR count). The molecule has 7 nitrogen and oxygen atoms in total. The molecule has 46 heavy (non-hydrogen) atoms. The number of hydrogen-bond donors (Lipinski definition) is 1. The van der Waals surface area contributed by atoms with E-state index < -0.39 is 41.5 Å². The Morgan fingerprint density at radius 2 is 1.24 bits per heavy atom. The average molecular weight is 656 g/mol. The summed E-state index contributed by atoms with van der Waals surface area (Å²) in [6.07, 6.45) is -8.89. The van der Waals surface area contributed by atoms with Gasteiger partial charge in [0.15, 0.2) is 5.79 Å². The summed E-state index contributed by atoms with van der Waals surface area (Å²) in [7, 11) is 0. The van der Waals surface area contributed by atoms with Gasteiger partial charge in [-0.25, -0.2) is 0 Å². The van der Waals surface area contributed by atoms with Gasteiger partial charge in [0.05, 0.1) is 6.61 Å². The minimum Gasteiger partial charge on any atom is -0.491 e. The van der Waals surface area contributed by atoms with Gasteiger partial charge in [-0.15, -0.1) is 26.3 Å². The number of benzene rings is 3. The lowest BCUT2D eigenvalue weighted by Gasteiger charge is -2.42. The highest BCUT2D eigenvalue weighted by molar-refractivity contribution is 5.42. The molecule has 0 radical (unpaired) electrons. The summed E-state index contributed by atoms with van der Waals surface area (Å²) in [5, 5.41) is 12.2. The summed E-state index contributed by atoms with van der Waals surface area (Å²) < 4.78 is 102. The predicted molar refractivity (Wildman–Crippen MR) is 154 cm³/mol. The summed E-state index contributed by atoms with van der Waals surface area (Å²) in [4.78, 5) is 2.22. The third kappa shape index (κ3) is 8.84. The number of nitrogens with zero attached hydrogens (tertiary/aromatic N) is 1. The van der Waals surface area contributed by atoms with Gasteiger partial charge < -0.3 is 28.8 Å². The summed E-state index contributed by atoms with van der Waals surface area (Å²) in [5.74, 6) is -1.21. The van der Waals surface area contributed by atoms with Crippen molar-refractivity contribution in [3.8, 4) is 17.2 Å². The first-order valence-electron chi connectivity index (χ1n) is 14.8. The molecule has 1 unspecified atom stereocenters. The zero-order valence-corrected chi connectivity index (χ0v) is 25.2. The van der Waals surface area contributed by atoms with Crippen LogP contribution in [-0.4, -0.2) is 60.9 Å². The molecular weight excluding hydrogens is 620 g/mol. The summed E-state index contributed by atoms with van der Waals surface area (Å²) in [6, 6.07) is 17.5. The quantitative estimate of drug-likeness (QED) is 0.233. The van der Waals surface area contributed by atoms with Gasteiger partial charge in [-0.1, -0.05) is 36.4 Å².